The molecule has 4 rings (SSSR count). The minimum Gasteiger partial charge on any atom is -0.376 e. The van der Waals surface area contributed by atoms with E-state index in [1.54, 1.807) is 7.05 Å². The van der Waals surface area contributed by atoms with E-state index in [2.05, 4.69) is 20.6 Å². The zero-order valence-corrected chi connectivity index (χ0v) is 17.7. The summed E-state index contributed by atoms with van der Waals surface area (Å²) in [6.45, 7) is 2.45. The van der Waals surface area contributed by atoms with Crippen molar-refractivity contribution in [3.8, 4) is 0 Å². The molecule has 2 aliphatic rings. The standard InChI is InChI=1S/C19H26N6O4S/c1-20-17(27)12-4-2-6-24(9-12)19-23-16-15(30-19)18(28)25(11-22-16)10-14(26)21-8-13-5-3-7-29-13/h11-13H,2-10H2,1H3,(H,20,27)(H,21,26). The molecular weight excluding hydrogens is 408 g/mol. The Balaban J connectivity index is 1.45. The van der Waals surface area contributed by atoms with Gasteiger partial charge >= 0.3 is 0 Å². The average Bonchev–Trinajstić information content (AvgIpc) is 3.44. The van der Waals surface area contributed by atoms with Crippen LogP contribution in [0.3, 0.4) is 0 Å². The molecule has 2 N–H and O–H groups in total. The van der Waals surface area contributed by atoms with E-state index in [1.165, 1.54) is 22.2 Å². The molecule has 0 aromatic carbocycles. The second-order valence-corrected chi connectivity index (χ2v) is 8.64. The van der Waals surface area contributed by atoms with Gasteiger partial charge in [-0.1, -0.05) is 11.3 Å². The first kappa shape index (κ1) is 20.7. The Morgan fingerprint density at radius 2 is 2.20 bits per heavy atom. The SMILES string of the molecule is CNC(=O)C1CCCN(c2nc3ncn(CC(=O)NCC4CCCO4)c(=O)c3s2)C1. The van der Waals surface area contributed by atoms with Gasteiger partial charge in [0.2, 0.25) is 11.8 Å². The zero-order valence-electron chi connectivity index (χ0n) is 16.9. The summed E-state index contributed by atoms with van der Waals surface area (Å²) in [5.74, 6) is -0.314. The van der Waals surface area contributed by atoms with E-state index in [0.717, 1.165) is 38.8 Å². The quantitative estimate of drug-likeness (QED) is 0.662. The topological polar surface area (TPSA) is 118 Å². The summed E-state index contributed by atoms with van der Waals surface area (Å²) in [6.07, 6.45) is 5.09. The number of nitrogens with zero attached hydrogens (tertiary/aromatic N) is 4. The smallest absolute Gasteiger partial charge is 0.273 e. The molecular formula is C19H26N6O4S. The number of rotatable bonds is 6. The molecule has 0 aliphatic carbocycles. The number of ether oxygens (including phenoxy) is 1. The van der Waals surface area contributed by atoms with E-state index in [1.807, 2.05) is 4.90 Å². The van der Waals surface area contributed by atoms with Crippen molar-refractivity contribution in [1.29, 1.82) is 0 Å². The number of hydrogen-bond acceptors (Lipinski definition) is 8. The van der Waals surface area contributed by atoms with Crippen LogP contribution in [0, 0.1) is 5.92 Å². The minimum atomic E-state index is -0.282. The molecule has 0 saturated carbocycles. The monoisotopic (exact) mass is 434 g/mol. The van der Waals surface area contributed by atoms with E-state index < -0.39 is 0 Å². The molecule has 4 heterocycles. The van der Waals surface area contributed by atoms with Crippen LogP contribution < -0.4 is 21.1 Å². The predicted molar refractivity (Wildman–Crippen MR) is 113 cm³/mol. The van der Waals surface area contributed by atoms with Crippen LogP contribution in [-0.4, -0.2) is 65.7 Å². The first-order valence-corrected chi connectivity index (χ1v) is 11.1. The fourth-order valence-corrected chi connectivity index (χ4v) is 4.90. The first-order valence-electron chi connectivity index (χ1n) is 10.3. The Kier molecular flexibility index (Phi) is 6.28. The van der Waals surface area contributed by atoms with Crippen molar-refractivity contribution in [3.63, 3.8) is 0 Å². The highest BCUT2D eigenvalue weighted by molar-refractivity contribution is 7.22. The van der Waals surface area contributed by atoms with Crippen LogP contribution in [0.2, 0.25) is 0 Å². The van der Waals surface area contributed by atoms with Gasteiger partial charge in [-0.05, 0) is 25.7 Å². The molecule has 2 unspecified atom stereocenters. The number of thiazole rings is 1. The number of aromatic nitrogens is 3. The van der Waals surface area contributed by atoms with Crippen molar-refractivity contribution < 1.29 is 14.3 Å². The molecule has 0 radical (unpaired) electrons. The number of fused-ring (bicyclic) bond motifs is 1. The fourth-order valence-electron chi connectivity index (χ4n) is 3.90. The van der Waals surface area contributed by atoms with E-state index in [9.17, 15) is 14.4 Å². The largest absolute Gasteiger partial charge is 0.376 e. The number of nitrogens with one attached hydrogen (secondary N) is 2. The van der Waals surface area contributed by atoms with E-state index in [4.69, 9.17) is 4.74 Å². The third-order valence-corrected chi connectivity index (χ3v) is 6.64. The minimum absolute atomic E-state index is 0.0234. The molecule has 0 spiro atoms. The maximum Gasteiger partial charge on any atom is 0.273 e. The normalized spacial score (nSPS) is 21.7. The molecule has 2 fully saturated rings. The summed E-state index contributed by atoms with van der Waals surface area (Å²) >= 11 is 1.26. The van der Waals surface area contributed by atoms with Gasteiger partial charge in [0.1, 0.15) is 17.6 Å². The van der Waals surface area contributed by atoms with Gasteiger partial charge < -0.3 is 20.3 Å². The maximum absolute atomic E-state index is 12.8. The Labute approximate surface area is 177 Å². The second kappa shape index (κ2) is 9.09. The number of anilines is 1. The third-order valence-electron chi connectivity index (χ3n) is 5.55. The van der Waals surface area contributed by atoms with Crippen LogP contribution in [0.1, 0.15) is 25.7 Å². The van der Waals surface area contributed by atoms with Gasteiger partial charge in [-0.25, -0.2) is 4.98 Å². The Morgan fingerprint density at radius 1 is 1.33 bits per heavy atom. The van der Waals surface area contributed by atoms with Crippen molar-refractivity contribution in [2.45, 2.75) is 38.3 Å². The number of amides is 2. The van der Waals surface area contributed by atoms with Crippen molar-refractivity contribution in [1.82, 2.24) is 25.2 Å². The highest BCUT2D eigenvalue weighted by Crippen LogP contribution is 2.29. The van der Waals surface area contributed by atoms with Gasteiger partial charge in [0, 0.05) is 33.3 Å². The van der Waals surface area contributed by atoms with Gasteiger partial charge in [-0.3, -0.25) is 19.0 Å². The van der Waals surface area contributed by atoms with Crippen molar-refractivity contribution in [2.75, 3.05) is 38.2 Å². The highest BCUT2D eigenvalue weighted by Gasteiger charge is 2.27. The molecule has 2 aliphatic heterocycles. The van der Waals surface area contributed by atoms with Gasteiger partial charge in [-0.15, -0.1) is 0 Å². The molecule has 2 amide bonds. The number of carbonyl (C=O) groups is 2. The molecule has 30 heavy (non-hydrogen) atoms. The third kappa shape index (κ3) is 4.46. The van der Waals surface area contributed by atoms with Crippen LogP contribution in [0.25, 0.3) is 10.3 Å². The highest BCUT2D eigenvalue weighted by atomic mass is 32.1. The van der Waals surface area contributed by atoms with Gasteiger partial charge in [-0.2, -0.15) is 4.98 Å². The predicted octanol–water partition coefficient (Wildman–Crippen LogP) is 0.111. The molecule has 162 valence electrons. The molecule has 2 saturated heterocycles. The van der Waals surface area contributed by atoms with Crippen molar-refractivity contribution >= 4 is 38.6 Å². The lowest BCUT2D eigenvalue weighted by Gasteiger charge is -2.31. The fraction of sp³-hybridized carbons (Fsp3) is 0.632. The summed E-state index contributed by atoms with van der Waals surface area (Å²) in [5, 5.41) is 6.20. The van der Waals surface area contributed by atoms with Gasteiger partial charge in [0.15, 0.2) is 10.8 Å². The maximum atomic E-state index is 12.8. The van der Waals surface area contributed by atoms with E-state index >= 15 is 0 Å². The number of piperidine rings is 1. The van der Waals surface area contributed by atoms with Gasteiger partial charge in [0.05, 0.1) is 12.0 Å². The van der Waals surface area contributed by atoms with Crippen molar-refractivity contribution in [2.24, 2.45) is 5.92 Å². The molecule has 10 nitrogen and oxygen atoms in total. The summed E-state index contributed by atoms with van der Waals surface area (Å²) < 4.78 is 7.22. The average molecular weight is 435 g/mol. The Morgan fingerprint density at radius 3 is 2.97 bits per heavy atom. The summed E-state index contributed by atoms with van der Waals surface area (Å²) in [7, 11) is 1.64. The number of carbonyl (C=O) groups excluding carboxylic acids is 2. The van der Waals surface area contributed by atoms with Crippen molar-refractivity contribution in [3.05, 3.63) is 16.7 Å². The van der Waals surface area contributed by atoms with Crippen LogP contribution in [0.5, 0.6) is 0 Å². The lowest BCUT2D eigenvalue weighted by molar-refractivity contribution is -0.124. The van der Waals surface area contributed by atoms with E-state index in [0.29, 0.717) is 28.6 Å². The molecule has 11 heteroatoms. The van der Waals surface area contributed by atoms with Crippen LogP contribution in [-0.2, 0) is 20.9 Å². The van der Waals surface area contributed by atoms with Crippen LogP contribution in [0.4, 0.5) is 5.13 Å². The van der Waals surface area contributed by atoms with E-state index in [-0.39, 0.29) is 35.9 Å². The van der Waals surface area contributed by atoms with Crippen LogP contribution in [0.15, 0.2) is 11.1 Å². The summed E-state index contributed by atoms with van der Waals surface area (Å²) in [6, 6.07) is 0. The lowest BCUT2D eigenvalue weighted by Crippen LogP contribution is -2.42. The first-order chi connectivity index (χ1) is 14.5. The molecule has 0 bridgehead atoms. The molecule has 2 aromatic heterocycles. The lowest BCUT2D eigenvalue weighted by atomic mass is 9.98. The molecule has 2 atom stereocenters. The number of hydrogen-bond donors (Lipinski definition) is 2. The summed E-state index contributed by atoms with van der Waals surface area (Å²) in [5.41, 5.74) is 0.0916. The molecule has 2 aromatic rings. The van der Waals surface area contributed by atoms with Crippen LogP contribution >= 0.6 is 11.3 Å². The zero-order chi connectivity index (χ0) is 21.1. The second-order valence-electron chi connectivity index (χ2n) is 7.67. The van der Waals surface area contributed by atoms with Gasteiger partial charge in [0.25, 0.3) is 5.56 Å². The Bertz CT molecular complexity index is 983. The Hall–Kier alpha value is -2.53. The summed E-state index contributed by atoms with van der Waals surface area (Å²) in [4.78, 5) is 47.9.